The Bertz CT molecular complexity index is 954. The van der Waals surface area contributed by atoms with Gasteiger partial charge >= 0.3 is 0 Å². The van der Waals surface area contributed by atoms with Gasteiger partial charge in [-0.3, -0.25) is 9.59 Å². The SMILES string of the molecule is Nc1ccccc1NC(=O)c1ccc(NC(=O)Cc2ccc(Cl)cc2)cc1. The second-order valence-corrected chi connectivity index (χ2v) is 6.41. The van der Waals surface area contributed by atoms with Crippen molar-refractivity contribution in [1.29, 1.82) is 0 Å². The molecular formula is C21H18ClN3O2. The Kier molecular flexibility index (Phi) is 5.74. The van der Waals surface area contributed by atoms with Crippen LogP contribution in [0.5, 0.6) is 0 Å². The summed E-state index contributed by atoms with van der Waals surface area (Å²) in [6.45, 7) is 0. The first-order valence-corrected chi connectivity index (χ1v) is 8.69. The van der Waals surface area contributed by atoms with Crippen molar-refractivity contribution in [3.63, 3.8) is 0 Å². The summed E-state index contributed by atoms with van der Waals surface area (Å²) in [6.07, 6.45) is 0.243. The smallest absolute Gasteiger partial charge is 0.255 e. The summed E-state index contributed by atoms with van der Waals surface area (Å²) in [5.41, 5.74) is 8.83. The van der Waals surface area contributed by atoms with Crippen molar-refractivity contribution in [3.05, 3.63) is 88.9 Å². The molecule has 0 heterocycles. The maximum Gasteiger partial charge on any atom is 0.255 e. The van der Waals surface area contributed by atoms with Gasteiger partial charge in [0.05, 0.1) is 17.8 Å². The minimum atomic E-state index is -0.271. The minimum absolute atomic E-state index is 0.147. The monoisotopic (exact) mass is 379 g/mol. The first kappa shape index (κ1) is 18.5. The molecule has 3 aromatic carbocycles. The molecule has 0 atom stereocenters. The van der Waals surface area contributed by atoms with E-state index in [-0.39, 0.29) is 18.2 Å². The Morgan fingerprint density at radius 2 is 1.52 bits per heavy atom. The second-order valence-electron chi connectivity index (χ2n) is 5.97. The number of carbonyl (C=O) groups excluding carboxylic acids is 2. The van der Waals surface area contributed by atoms with E-state index in [1.165, 1.54) is 0 Å². The highest BCUT2D eigenvalue weighted by Crippen LogP contribution is 2.18. The summed E-state index contributed by atoms with van der Waals surface area (Å²) in [7, 11) is 0. The van der Waals surface area contributed by atoms with Crippen LogP contribution in [-0.4, -0.2) is 11.8 Å². The molecule has 0 spiro atoms. The molecule has 0 aliphatic rings. The molecule has 6 heteroatoms. The van der Waals surface area contributed by atoms with Gasteiger partial charge in [-0.1, -0.05) is 35.9 Å². The molecule has 0 aliphatic heterocycles. The molecular weight excluding hydrogens is 362 g/mol. The molecule has 27 heavy (non-hydrogen) atoms. The number of carbonyl (C=O) groups is 2. The molecule has 3 rings (SSSR count). The Morgan fingerprint density at radius 3 is 2.19 bits per heavy atom. The van der Waals surface area contributed by atoms with Gasteiger partial charge in [0, 0.05) is 16.3 Å². The summed E-state index contributed by atoms with van der Waals surface area (Å²) in [6, 6.07) is 20.8. The third kappa shape index (κ3) is 5.09. The van der Waals surface area contributed by atoms with Crippen molar-refractivity contribution in [1.82, 2.24) is 0 Å². The second kappa shape index (κ2) is 8.38. The lowest BCUT2D eigenvalue weighted by molar-refractivity contribution is -0.115. The van der Waals surface area contributed by atoms with E-state index in [1.807, 2.05) is 12.1 Å². The lowest BCUT2D eigenvalue weighted by Gasteiger charge is -2.09. The van der Waals surface area contributed by atoms with E-state index in [0.29, 0.717) is 27.6 Å². The van der Waals surface area contributed by atoms with Gasteiger partial charge in [0.15, 0.2) is 0 Å². The third-order valence-electron chi connectivity index (χ3n) is 3.92. The molecule has 0 fully saturated rings. The van der Waals surface area contributed by atoms with Crippen LogP contribution < -0.4 is 16.4 Å². The summed E-state index contributed by atoms with van der Waals surface area (Å²) < 4.78 is 0. The van der Waals surface area contributed by atoms with E-state index in [4.69, 9.17) is 17.3 Å². The van der Waals surface area contributed by atoms with Gasteiger partial charge in [-0.2, -0.15) is 0 Å². The Labute approximate surface area is 162 Å². The van der Waals surface area contributed by atoms with E-state index >= 15 is 0 Å². The summed E-state index contributed by atoms with van der Waals surface area (Å²) in [4.78, 5) is 24.4. The zero-order chi connectivity index (χ0) is 19.2. The summed E-state index contributed by atoms with van der Waals surface area (Å²) >= 11 is 5.84. The van der Waals surface area contributed by atoms with E-state index in [0.717, 1.165) is 5.56 Å². The Balaban J connectivity index is 1.59. The predicted molar refractivity (Wildman–Crippen MR) is 109 cm³/mol. The number of benzene rings is 3. The highest BCUT2D eigenvalue weighted by molar-refractivity contribution is 6.30. The van der Waals surface area contributed by atoms with Crippen molar-refractivity contribution in [2.24, 2.45) is 0 Å². The summed E-state index contributed by atoms with van der Waals surface area (Å²) in [5, 5.41) is 6.20. The van der Waals surface area contributed by atoms with E-state index in [2.05, 4.69) is 10.6 Å². The number of nitrogens with two attached hydrogens (primary N) is 1. The fourth-order valence-electron chi connectivity index (χ4n) is 2.50. The molecule has 0 saturated carbocycles. The van der Waals surface area contributed by atoms with Crippen LogP contribution in [0.3, 0.4) is 0 Å². The minimum Gasteiger partial charge on any atom is -0.397 e. The number of anilines is 3. The Morgan fingerprint density at radius 1 is 0.852 bits per heavy atom. The molecule has 3 aromatic rings. The molecule has 0 aliphatic carbocycles. The highest BCUT2D eigenvalue weighted by atomic mass is 35.5. The van der Waals surface area contributed by atoms with Gasteiger partial charge in [-0.25, -0.2) is 0 Å². The zero-order valence-corrected chi connectivity index (χ0v) is 15.2. The quantitative estimate of drug-likeness (QED) is 0.576. The van der Waals surface area contributed by atoms with Crippen molar-refractivity contribution in [2.45, 2.75) is 6.42 Å². The lowest BCUT2D eigenvalue weighted by atomic mass is 10.1. The van der Waals surface area contributed by atoms with Gasteiger partial charge < -0.3 is 16.4 Å². The topological polar surface area (TPSA) is 84.2 Å². The molecule has 0 unspecified atom stereocenters. The largest absolute Gasteiger partial charge is 0.397 e. The van der Waals surface area contributed by atoms with Crippen LogP contribution in [0, 0.1) is 0 Å². The van der Waals surface area contributed by atoms with Gasteiger partial charge in [0.25, 0.3) is 5.91 Å². The van der Waals surface area contributed by atoms with Gasteiger partial charge in [0.1, 0.15) is 0 Å². The number of hydrogen-bond acceptors (Lipinski definition) is 3. The highest BCUT2D eigenvalue weighted by Gasteiger charge is 2.09. The number of nitrogen functional groups attached to an aromatic ring is 1. The van der Waals surface area contributed by atoms with Crippen LogP contribution >= 0.6 is 11.6 Å². The fraction of sp³-hybridized carbons (Fsp3) is 0.0476. The first-order valence-electron chi connectivity index (χ1n) is 8.31. The molecule has 4 N–H and O–H groups in total. The maximum atomic E-state index is 12.3. The molecule has 0 aromatic heterocycles. The van der Waals surface area contributed by atoms with Gasteiger partial charge in [-0.15, -0.1) is 0 Å². The van der Waals surface area contributed by atoms with Crippen LogP contribution in [0.1, 0.15) is 15.9 Å². The molecule has 0 radical (unpaired) electrons. The predicted octanol–water partition coefficient (Wildman–Crippen LogP) is 4.36. The number of rotatable bonds is 5. The Hall–Kier alpha value is -3.31. The van der Waals surface area contributed by atoms with Crippen molar-refractivity contribution in [2.75, 3.05) is 16.4 Å². The molecule has 0 saturated heterocycles. The third-order valence-corrected chi connectivity index (χ3v) is 4.17. The van der Waals surface area contributed by atoms with Gasteiger partial charge in [0.2, 0.25) is 5.91 Å². The molecule has 0 bridgehead atoms. The van der Waals surface area contributed by atoms with E-state index in [9.17, 15) is 9.59 Å². The molecule has 136 valence electrons. The number of para-hydroxylation sites is 2. The van der Waals surface area contributed by atoms with Crippen LogP contribution in [0.15, 0.2) is 72.8 Å². The standard InChI is InChI=1S/C21H18ClN3O2/c22-16-9-5-14(6-10-16)13-20(26)24-17-11-7-15(8-12-17)21(27)25-19-4-2-1-3-18(19)23/h1-12H,13,23H2,(H,24,26)(H,25,27). The number of hydrogen-bond donors (Lipinski definition) is 3. The molecule has 5 nitrogen and oxygen atoms in total. The van der Waals surface area contributed by atoms with E-state index < -0.39 is 0 Å². The number of amides is 2. The average molecular weight is 380 g/mol. The average Bonchev–Trinajstić information content (AvgIpc) is 2.66. The first-order chi connectivity index (χ1) is 13.0. The maximum absolute atomic E-state index is 12.3. The van der Waals surface area contributed by atoms with E-state index in [1.54, 1.807) is 60.7 Å². The fourth-order valence-corrected chi connectivity index (χ4v) is 2.63. The van der Waals surface area contributed by atoms with Gasteiger partial charge in [-0.05, 0) is 54.1 Å². The van der Waals surface area contributed by atoms with Crippen LogP contribution in [-0.2, 0) is 11.2 Å². The number of halogens is 1. The van der Waals surface area contributed by atoms with Crippen LogP contribution in [0.25, 0.3) is 0 Å². The lowest BCUT2D eigenvalue weighted by Crippen LogP contribution is -2.15. The van der Waals surface area contributed by atoms with Crippen molar-refractivity contribution >= 4 is 40.5 Å². The number of nitrogens with one attached hydrogen (secondary N) is 2. The summed E-state index contributed by atoms with van der Waals surface area (Å²) in [5.74, 6) is -0.418. The van der Waals surface area contributed by atoms with Crippen molar-refractivity contribution < 1.29 is 9.59 Å². The van der Waals surface area contributed by atoms with Crippen LogP contribution in [0.4, 0.5) is 17.1 Å². The van der Waals surface area contributed by atoms with Crippen LogP contribution in [0.2, 0.25) is 5.02 Å². The zero-order valence-electron chi connectivity index (χ0n) is 14.4. The normalized spacial score (nSPS) is 10.3. The molecule has 2 amide bonds. The van der Waals surface area contributed by atoms with Crippen molar-refractivity contribution in [3.8, 4) is 0 Å².